The van der Waals surface area contributed by atoms with Crippen molar-refractivity contribution in [1.82, 2.24) is 0 Å². The van der Waals surface area contributed by atoms with Crippen molar-refractivity contribution in [2.75, 3.05) is 0 Å². The molecule has 0 aromatic heterocycles. The van der Waals surface area contributed by atoms with E-state index in [0.29, 0.717) is 0 Å². The summed E-state index contributed by atoms with van der Waals surface area (Å²) in [5, 5.41) is 89.7. The second kappa shape index (κ2) is 14.5. The number of aldehydes is 2. The van der Waals surface area contributed by atoms with E-state index in [1.165, 1.54) is 0 Å². The minimum Gasteiger partial charge on any atom is -0.547 e. The van der Waals surface area contributed by atoms with E-state index in [2.05, 4.69) is 0 Å². The first kappa shape index (κ1) is 30.2. The van der Waals surface area contributed by atoms with E-state index < -0.39 is 60.8 Å². The Morgan fingerprint density at radius 2 is 0.815 bits per heavy atom. The van der Waals surface area contributed by atoms with Crippen molar-refractivity contribution in [2.45, 2.75) is 48.8 Å². The predicted molar refractivity (Wildman–Crippen MR) is 70.2 cm³/mol. The van der Waals surface area contributed by atoms with Crippen LogP contribution in [0, 0.1) is 0 Å². The molecule has 0 saturated heterocycles. The number of rotatable bonds is 10. The zero-order valence-corrected chi connectivity index (χ0v) is 14.0. The Hall–Kier alpha value is -1.52. The molecule has 8 atom stereocenters. The van der Waals surface area contributed by atoms with Crippen LogP contribution in [-0.4, -0.2) is 114 Å². The molecule has 0 heterocycles. The molecule has 0 unspecified atom stereocenters. The van der Waals surface area contributed by atoms with Gasteiger partial charge < -0.3 is 70.2 Å². The average molecular weight is 450 g/mol. The van der Waals surface area contributed by atoms with E-state index in [1.54, 1.807) is 0 Å². The molecular weight excluding hydrogens is 432 g/mol. The number of carbonyl (C=O) groups excluding carboxylic acids is 4. The van der Waals surface area contributed by atoms with Crippen molar-refractivity contribution < 1.29 is 87.3 Å². The van der Waals surface area contributed by atoms with Gasteiger partial charge in [0.15, 0.2) is 12.6 Å². The number of aliphatic carboxylic acids is 2. The van der Waals surface area contributed by atoms with Gasteiger partial charge in [0.25, 0.3) is 0 Å². The van der Waals surface area contributed by atoms with Crippen LogP contribution < -0.4 is 10.2 Å². The quantitative estimate of drug-likeness (QED) is 0.113. The van der Waals surface area contributed by atoms with E-state index in [4.69, 9.17) is 40.9 Å². The fraction of sp³-hybridized carbons (Fsp3) is 0.667. The van der Waals surface area contributed by atoms with Gasteiger partial charge in [-0.1, -0.05) is 0 Å². The number of carboxylic acid groups (broad SMARTS) is 2. The zero-order chi connectivity index (χ0) is 21.2. The summed E-state index contributed by atoms with van der Waals surface area (Å²) in [7, 11) is 0. The second-order valence-corrected chi connectivity index (χ2v) is 4.74. The Morgan fingerprint density at radius 3 is 0.963 bits per heavy atom. The van der Waals surface area contributed by atoms with Crippen molar-refractivity contribution in [2.24, 2.45) is 0 Å². The molecule has 15 heteroatoms. The molecule has 161 valence electrons. The zero-order valence-electron chi connectivity index (χ0n) is 13.1. The molecule has 0 rings (SSSR count). The van der Waals surface area contributed by atoms with Crippen molar-refractivity contribution in [3.05, 3.63) is 0 Å². The Morgan fingerprint density at radius 1 is 0.593 bits per heavy atom. The molecule has 0 spiro atoms. The number of carbonyl (C=O) groups is 4. The van der Waals surface area contributed by atoms with Gasteiger partial charge in [-0.3, -0.25) is 0 Å². The van der Waals surface area contributed by atoms with Gasteiger partial charge in [-0.25, -0.2) is 0 Å². The van der Waals surface area contributed by atoms with Crippen LogP contribution >= 0.6 is 0 Å². The van der Waals surface area contributed by atoms with E-state index in [-0.39, 0.29) is 29.6 Å². The normalized spacial score (nSPS) is 19.3. The molecule has 0 aromatic rings. The van der Waals surface area contributed by atoms with E-state index in [9.17, 15) is 29.4 Å². The van der Waals surface area contributed by atoms with Crippen molar-refractivity contribution in [3.63, 3.8) is 0 Å². The Bertz CT molecular complexity index is 431. The Balaban J connectivity index is -0.000000411. The van der Waals surface area contributed by atoms with Gasteiger partial charge in [0, 0.05) is 0 Å². The average Bonchev–Trinajstić information content (AvgIpc) is 2.62. The van der Waals surface area contributed by atoms with Crippen LogP contribution in [0.4, 0.5) is 0 Å². The van der Waals surface area contributed by atoms with E-state index in [0.717, 1.165) is 0 Å². The summed E-state index contributed by atoms with van der Waals surface area (Å²) in [6, 6.07) is 0. The molecule has 27 heavy (non-hydrogen) atoms. The molecule has 0 fully saturated rings. The molecule has 0 saturated carbocycles. The third-order valence-electron chi connectivity index (χ3n) is 2.81. The van der Waals surface area contributed by atoms with Crippen LogP contribution in [0.3, 0.4) is 0 Å². The Labute approximate surface area is 161 Å². The van der Waals surface area contributed by atoms with Gasteiger partial charge in [0.1, 0.15) is 48.8 Å². The second-order valence-electron chi connectivity index (χ2n) is 4.74. The smallest absolute Gasteiger partial charge is 0.547 e. The maximum Gasteiger partial charge on any atom is 2.00 e. The molecule has 0 aromatic carbocycles. The summed E-state index contributed by atoms with van der Waals surface area (Å²) >= 11 is 0. The molecule has 0 aliphatic carbocycles. The van der Waals surface area contributed by atoms with Crippen LogP contribution in [0.1, 0.15) is 0 Å². The summed E-state index contributed by atoms with van der Waals surface area (Å²) in [4.78, 5) is 39.7. The third kappa shape index (κ3) is 10.4. The SMILES string of the molecule is O=C[C@H](O)[C@@H](O)[C@H](O)[C@H](O)C(=O)[O-].O=C[C@H](O)[C@@H](O)[C@H](O)[C@H](O)C(=O)[O-].[Cu+2]. The van der Waals surface area contributed by atoms with Crippen LogP contribution in [0.5, 0.6) is 0 Å². The first-order chi connectivity index (χ1) is 11.8. The van der Waals surface area contributed by atoms with Crippen LogP contribution in [0.2, 0.25) is 0 Å². The van der Waals surface area contributed by atoms with Gasteiger partial charge >= 0.3 is 17.1 Å². The minimum atomic E-state index is -2.36. The summed E-state index contributed by atoms with van der Waals surface area (Å²) < 4.78 is 0. The number of carboxylic acids is 2. The number of hydrogen-bond donors (Lipinski definition) is 8. The van der Waals surface area contributed by atoms with Gasteiger partial charge in [-0.05, 0) is 0 Å². The summed E-state index contributed by atoms with van der Waals surface area (Å²) in [6.45, 7) is 0. The van der Waals surface area contributed by atoms with Gasteiger partial charge in [-0.15, -0.1) is 0 Å². The van der Waals surface area contributed by atoms with Gasteiger partial charge in [-0.2, -0.15) is 0 Å². The van der Waals surface area contributed by atoms with Crippen molar-refractivity contribution in [1.29, 1.82) is 0 Å². The number of aliphatic hydroxyl groups is 8. The predicted octanol–water partition coefficient (Wildman–Crippen LogP) is -9.24. The Kier molecular flexibility index (Phi) is 16.3. The van der Waals surface area contributed by atoms with Crippen molar-refractivity contribution in [3.8, 4) is 0 Å². The summed E-state index contributed by atoms with van der Waals surface area (Å²) in [6.07, 6.45) is -17.3. The van der Waals surface area contributed by atoms with Gasteiger partial charge in [0.2, 0.25) is 0 Å². The van der Waals surface area contributed by atoms with Gasteiger partial charge in [0.05, 0.1) is 11.9 Å². The molecule has 0 bridgehead atoms. The molecule has 0 aliphatic rings. The standard InChI is InChI=1S/2C6H10O7.Cu/c2*7-1-2(8)3(9)4(10)5(11)6(12)13;/h2*1-5,8-11H,(H,12,13);/q;;+2/p-2/t2*2-,3+,4-,5-;/m00./s1. The summed E-state index contributed by atoms with van der Waals surface area (Å²) in [5.74, 6) is -4.02. The first-order valence-corrected chi connectivity index (χ1v) is 6.60. The van der Waals surface area contributed by atoms with Crippen LogP contribution in [0.25, 0.3) is 0 Å². The molecule has 1 radical (unpaired) electrons. The minimum absolute atomic E-state index is 0. The topological polar surface area (TPSA) is 276 Å². The number of aliphatic hydroxyl groups excluding tert-OH is 8. The largest absolute Gasteiger partial charge is 2.00 e. The maximum atomic E-state index is 9.95. The fourth-order valence-electron chi connectivity index (χ4n) is 1.22. The van der Waals surface area contributed by atoms with Crippen LogP contribution in [0.15, 0.2) is 0 Å². The summed E-state index contributed by atoms with van der Waals surface area (Å²) in [5.41, 5.74) is 0. The molecule has 0 aliphatic heterocycles. The molecule has 8 N–H and O–H groups in total. The monoisotopic (exact) mass is 449 g/mol. The molecular formula is C12H18CuO14. The van der Waals surface area contributed by atoms with E-state index >= 15 is 0 Å². The fourth-order valence-corrected chi connectivity index (χ4v) is 1.22. The van der Waals surface area contributed by atoms with Crippen molar-refractivity contribution >= 4 is 24.5 Å². The first-order valence-electron chi connectivity index (χ1n) is 6.60. The maximum absolute atomic E-state index is 9.95. The van der Waals surface area contributed by atoms with E-state index in [1.807, 2.05) is 0 Å². The van der Waals surface area contributed by atoms with Crippen LogP contribution in [-0.2, 0) is 36.2 Å². The third-order valence-corrected chi connectivity index (χ3v) is 2.81. The molecule has 14 nitrogen and oxygen atoms in total. The molecule has 0 amide bonds. The number of hydrogen-bond acceptors (Lipinski definition) is 14.